The van der Waals surface area contributed by atoms with Crippen LogP contribution in [0.5, 0.6) is 5.06 Å². The van der Waals surface area contributed by atoms with E-state index < -0.39 is 0 Å². The predicted molar refractivity (Wildman–Crippen MR) is 65.9 cm³/mol. The molecule has 5 heteroatoms. The average molecular weight is 242 g/mol. The van der Waals surface area contributed by atoms with Gasteiger partial charge in [0.15, 0.2) is 5.06 Å². The third-order valence-electron chi connectivity index (χ3n) is 2.23. The molecule has 1 atom stereocenters. The normalized spacial score (nSPS) is 12.2. The summed E-state index contributed by atoms with van der Waals surface area (Å²) in [5.74, 6) is 0.0866. The van der Waals surface area contributed by atoms with E-state index in [0.717, 1.165) is 9.94 Å². The number of hydrogen-bond donors (Lipinski definition) is 1. The first-order valence-electron chi connectivity index (χ1n) is 5.12. The molecule has 0 bridgehead atoms. The number of hydrogen-bond acceptors (Lipinski definition) is 4. The van der Waals surface area contributed by atoms with Gasteiger partial charge in [-0.05, 0) is 19.1 Å². The van der Waals surface area contributed by atoms with Crippen LogP contribution in [0.4, 0.5) is 0 Å². The van der Waals surface area contributed by atoms with Crippen molar-refractivity contribution in [3.05, 3.63) is 17.0 Å². The van der Waals surface area contributed by atoms with E-state index in [4.69, 9.17) is 4.74 Å². The number of methoxy groups -OCH3 is 1. The zero-order valence-electron chi connectivity index (χ0n) is 10.1. The van der Waals surface area contributed by atoms with Gasteiger partial charge in [-0.15, -0.1) is 11.3 Å². The van der Waals surface area contributed by atoms with Crippen LogP contribution in [0.1, 0.15) is 11.8 Å². The molecule has 0 aliphatic carbocycles. The number of likely N-dealkylation sites (N-methyl/N-ethyl adjacent to an activating group) is 1. The van der Waals surface area contributed by atoms with Crippen LogP contribution in [0, 0.1) is 0 Å². The maximum absolute atomic E-state index is 11.6. The van der Waals surface area contributed by atoms with E-state index in [0.29, 0.717) is 6.54 Å². The molecule has 0 saturated carbocycles. The first-order chi connectivity index (χ1) is 7.54. The minimum atomic E-state index is -0.164. The quantitative estimate of drug-likeness (QED) is 0.847. The average Bonchev–Trinajstić information content (AvgIpc) is 2.72. The van der Waals surface area contributed by atoms with Crippen molar-refractivity contribution in [1.82, 2.24) is 10.2 Å². The Morgan fingerprint density at radius 1 is 1.56 bits per heavy atom. The number of amides is 1. The van der Waals surface area contributed by atoms with Crippen molar-refractivity contribution in [2.45, 2.75) is 19.5 Å². The monoisotopic (exact) mass is 242 g/mol. The van der Waals surface area contributed by atoms with Gasteiger partial charge in [-0.1, -0.05) is 0 Å². The second kappa shape index (κ2) is 5.86. The topological polar surface area (TPSA) is 41.6 Å². The van der Waals surface area contributed by atoms with Crippen molar-refractivity contribution in [3.63, 3.8) is 0 Å². The van der Waals surface area contributed by atoms with Gasteiger partial charge in [0.25, 0.3) is 0 Å². The zero-order valence-corrected chi connectivity index (χ0v) is 10.9. The maximum Gasteiger partial charge on any atom is 0.238 e. The van der Waals surface area contributed by atoms with Gasteiger partial charge in [0.1, 0.15) is 0 Å². The number of carbonyl (C=O) groups excluding carboxylic acids is 1. The van der Waals surface area contributed by atoms with Gasteiger partial charge in [-0.3, -0.25) is 4.79 Å². The number of ether oxygens (including phenoxy) is 1. The molecule has 1 N–H and O–H groups in total. The highest BCUT2D eigenvalue weighted by Crippen LogP contribution is 2.23. The summed E-state index contributed by atoms with van der Waals surface area (Å²) in [5.41, 5.74) is 0. The lowest BCUT2D eigenvalue weighted by atomic mass is 10.3. The molecular formula is C11H18N2O2S. The van der Waals surface area contributed by atoms with E-state index in [9.17, 15) is 4.79 Å². The number of rotatable bonds is 5. The van der Waals surface area contributed by atoms with Crippen LogP contribution < -0.4 is 10.1 Å². The molecule has 0 unspecified atom stereocenters. The Bertz CT molecular complexity index is 350. The Hall–Kier alpha value is -1.07. The van der Waals surface area contributed by atoms with Gasteiger partial charge in [-0.2, -0.15) is 0 Å². The molecule has 1 rings (SSSR count). The minimum Gasteiger partial charge on any atom is -0.487 e. The van der Waals surface area contributed by atoms with Crippen LogP contribution in [0.3, 0.4) is 0 Å². The second-order valence-electron chi connectivity index (χ2n) is 3.76. The molecule has 0 aromatic carbocycles. The fourth-order valence-electron chi connectivity index (χ4n) is 1.29. The summed E-state index contributed by atoms with van der Waals surface area (Å²) in [6.45, 7) is 2.56. The lowest BCUT2D eigenvalue weighted by molar-refractivity contribution is -0.130. The van der Waals surface area contributed by atoms with Crippen LogP contribution in [0.25, 0.3) is 0 Å². The van der Waals surface area contributed by atoms with E-state index in [1.54, 1.807) is 37.4 Å². The Labute approximate surface area is 100 Å². The molecule has 1 amide bonds. The minimum absolute atomic E-state index is 0.0866. The molecule has 1 heterocycles. The van der Waals surface area contributed by atoms with Crippen LogP contribution in [-0.2, 0) is 11.3 Å². The summed E-state index contributed by atoms with van der Waals surface area (Å²) in [6, 6.07) is 3.77. The summed E-state index contributed by atoms with van der Waals surface area (Å²) in [5, 5.41) is 4.07. The third-order valence-corrected chi connectivity index (χ3v) is 3.28. The van der Waals surface area contributed by atoms with Crippen molar-refractivity contribution in [1.29, 1.82) is 0 Å². The SMILES string of the molecule is COc1ccc(CN[C@H](C)C(=O)N(C)C)s1. The summed E-state index contributed by atoms with van der Waals surface area (Å²) in [4.78, 5) is 14.3. The van der Waals surface area contributed by atoms with Crippen molar-refractivity contribution >= 4 is 17.2 Å². The standard InChI is InChI=1S/C11H18N2O2S/c1-8(11(14)13(2)3)12-7-9-5-6-10(15-4)16-9/h5-6,8,12H,7H2,1-4H3/t8-/m1/s1. The van der Waals surface area contributed by atoms with E-state index in [1.807, 2.05) is 19.1 Å². The molecule has 0 aliphatic heterocycles. The molecular weight excluding hydrogens is 224 g/mol. The largest absolute Gasteiger partial charge is 0.487 e. The number of carbonyl (C=O) groups is 1. The van der Waals surface area contributed by atoms with Gasteiger partial charge < -0.3 is 15.0 Å². The van der Waals surface area contributed by atoms with E-state index in [1.165, 1.54) is 0 Å². The smallest absolute Gasteiger partial charge is 0.238 e. The molecule has 0 spiro atoms. The predicted octanol–water partition coefficient (Wildman–Crippen LogP) is 1.32. The van der Waals surface area contributed by atoms with Crippen molar-refractivity contribution in [2.75, 3.05) is 21.2 Å². The Kier molecular flexibility index (Phi) is 4.76. The van der Waals surface area contributed by atoms with Crippen molar-refractivity contribution < 1.29 is 9.53 Å². The summed E-state index contributed by atoms with van der Waals surface area (Å²) >= 11 is 1.59. The molecule has 0 saturated heterocycles. The fourth-order valence-corrected chi connectivity index (χ4v) is 2.06. The van der Waals surface area contributed by atoms with E-state index in [2.05, 4.69) is 5.32 Å². The van der Waals surface area contributed by atoms with Crippen LogP contribution in [0.2, 0.25) is 0 Å². The second-order valence-corrected chi connectivity index (χ2v) is 4.89. The van der Waals surface area contributed by atoms with Crippen molar-refractivity contribution in [3.8, 4) is 5.06 Å². The Balaban J connectivity index is 2.42. The fraction of sp³-hybridized carbons (Fsp3) is 0.545. The molecule has 16 heavy (non-hydrogen) atoms. The zero-order chi connectivity index (χ0) is 12.1. The van der Waals surface area contributed by atoms with Gasteiger partial charge in [-0.25, -0.2) is 0 Å². The van der Waals surface area contributed by atoms with Crippen LogP contribution in [-0.4, -0.2) is 38.1 Å². The van der Waals surface area contributed by atoms with Crippen LogP contribution in [0.15, 0.2) is 12.1 Å². The highest BCUT2D eigenvalue weighted by Gasteiger charge is 2.14. The Morgan fingerprint density at radius 2 is 2.25 bits per heavy atom. The molecule has 0 aliphatic rings. The molecule has 4 nitrogen and oxygen atoms in total. The Morgan fingerprint density at radius 3 is 2.75 bits per heavy atom. The van der Waals surface area contributed by atoms with Gasteiger partial charge in [0, 0.05) is 25.5 Å². The molecule has 0 fully saturated rings. The molecule has 90 valence electrons. The van der Waals surface area contributed by atoms with Crippen LogP contribution >= 0.6 is 11.3 Å². The van der Waals surface area contributed by atoms with Gasteiger partial charge in [0.2, 0.25) is 5.91 Å². The lowest BCUT2D eigenvalue weighted by Gasteiger charge is -2.17. The number of nitrogens with zero attached hydrogens (tertiary/aromatic N) is 1. The van der Waals surface area contributed by atoms with Crippen molar-refractivity contribution in [2.24, 2.45) is 0 Å². The first-order valence-corrected chi connectivity index (χ1v) is 5.93. The van der Waals surface area contributed by atoms with E-state index in [-0.39, 0.29) is 11.9 Å². The van der Waals surface area contributed by atoms with Gasteiger partial charge in [0.05, 0.1) is 13.2 Å². The lowest BCUT2D eigenvalue weighted by Crippen LogP contribution is -2.40. The summed E-state index contributed by atoms with van der Waals surface area (Å²) in [6.07, 6.45) is 0. The highest BCUT2D eigenvalue weighted by molar-refractivity contribution is 7.13. The molecule has 0 radical (unpaired) electrons. The molecule has 1 aromatic rings. The number of thiophene rings is 1. The molecule has 1 aromatic heterocycles. The third kappa shape index (κ3) is 3.50. The first kappa shape index (κ1) is 13.0. The highest BCUT2D eigenvalue weighted by atomic mass is 32.1. The maximum atomic E-state index is 11.6. The summed E-state index contributed by atoms with van der Waals surface area (Å²) in [7, 11) is 5.17. The van der Waals surface area contributed by atoms with E-state index >= 15 is 0 Å². The summed E-state index contributed by atoms with van der Waals surface area (Å²) < 4.78 is 5.10. The van der Waals surface area contributed by atoms with Gasteiger partial charge >= 0.3 is 0 Å². The number of nitrogens with one attached hydrogen (secondary N) is 1.